The molecule has 0 aliphatic carbocycles. The zero-order valence-electron chi connectivity index (χ0n) is 11.8. The van der Waals surface area contributed by atoms with Gasteiger partial charge in [-0.2, -0.15) is 0 Å². The summed E-state index contributed by atoms with van der Waals surface area (Å²) in [5.74, 6) is 6.28. The molecule has 1 aromatic rings. The van der Waals surface area contributed by atoms with Gasteiger partial charge in [0, 0.05) is 17.3 Å². The Balaban J connectivity index is 3.13. The first-order valence-corrected chi connectivity index (χ1v) is 6.40. The number of nitrogen functional groups attached to an aromatic ring is 1. The van der Waals surface area contributed by atoms with Gasteiger partial charge in [-0.1, -0.05) is 19.9 Å². The molecule has 0 radical (unpaired) electrons. The van der Waals surface area contributed by atoms with Crippen LogP contribution < -0.4 is 17.0 Å². The monoisotopic (exact) mass is 251 g/mol. The Hall–Kier alpha value is -1.17. The Morgan fingerprint density at radius 3 is 2.44 bits per heavy atom. The van der Waals surface area contributed by atoms with E-state index in [1.54, 1.807) is 6.20 Å². The van der Waals surface area contributed by atoms with E-state index in [9.17, 15) is 0 Å². The van der Waals surface area contributed by atoms with Crippen molar-refractivity contribution in [2.75, 3.05) is 18.8 Å². The lowest BCUT2D eigenvalue weighted by Gasteiger charge is -2.43. The number of anilines is 1. The third-order valence-corrected chi connectivity index (χ3v) is 3.63. The average molecular weight is 251 g/mol. The van der Waals surface area contributed by atoms with E-state index in [1.165, 1.54) is 0 Å². The van der Waals surface area contributed by atoms with E-state index < -0.39 is 0 Å². The molecule has 0 amide bonds. The van der Waals surface area contributed by atoms with Gasteiger partial charge in [0.15, 0.2) is 0 Å². The van der Waals surface area contributed by atoms with E-state index in [4.69, 9.17) is 11.6 Å². The van der Waals surface area contributed by atoms with Crippen LogP contribution in [0.3, 0.4) is 0 Å². The standard InChI is InChI=1S/C13H25N5/c1-5-18(6-2)13(3,4)11(17-15)10-8-7-9-16-12(10)14/h7-9,11,17H,5-6,15H2,1-4H3,(H2,14,16). The number of nitrogens with one attached hydrogen (secondary N) is 1. The second-order valence-electron chi connectivity index (χ2n) is 4.90. The Kier molecular flexibility index (Phi) is 5.07. The first kappa shape index (κ1) is 14.9. The van der Waals surface area contributed by atoms with Gasteiger partial charge in [-0.15, -0.1) is 0 Å². The van der Waals surface area contributed by atoms with Crippen LogP contribution in [0.25, 0.3) is 0 Å². The molecule has 0 aliphatic heterocycles. The molecule has 5 nitrogen and oxygen atoms in total. The van der Waals surface area contributed by atoms with Crippen molar-refractivity contribution in [2.45, 2.75) is 39.3 Å². The third-order valence-electron chi connectivity index (χ3n) is 3.63. The van der Waals surface area contributed by atoms with Crippen LogP contribution in [0.4, 0.5) is 5.82 Å². The van der Waals surface area contributed by atoms with Crippen molar-refractivity contribution < 1.29 is 0 Å². The molecule has 0 fully saturated rings. The molecule has 1 aromatic heterocycles. The molecule has 5 heteroatoms. The fourth-order valence-electron chi connectivity index (χ4n) is 2.57. The van der Waals surface area contributed by atoms with Crippen LogP contribution in [-0.4, -0.2) is 28.5 Å². The third kappa shape index (κ3) is 2.80. The number of hydrogen-bond acceptors (Lipinski definition) is 5. The number of rotatable bonds is 6. The topological polar surface area (TPSA) is 80.2 Å². The largest absolute Gasteiger partial charge is 0.383 e. The minimum absolute atomic E-state index is 0.0638. The number of aromatic nitrogens is 1. The zero-order chi connectivity index (χ0) is 13.8. The fraction of sp³-hybridized carbons (Fsp3) is 0.615. The van der Waals surface area contributed by atoms with E-state index in [0.29, 0.717) is 5.82 Å². The molecule has 0 saturated heterocycles. The van der Waals surface area contributed by atoms with Gasteiger partial charge in [0.1, 0.15) is 5.82 Å². The predicted molar refractivity (Wildman–Crippen MR) is 75.7 cm³/mol. The van der Waals surface area contributed by atoms with Crippen molar-refractivity contribution in [3.63, 3.8) is 0 Å². The van der Waals surface area contributed by atoms with Crippen molar-refractivity contribution in [1.82, 2.24) is 15.3 Å². The summed E-state index contributed by atoms with van der Waals surface area (Å²) < 4.78 is 0. The summed E-state index contributed by atoms with van der Waals surface area (Å²) in [6, 6.07) is 3.79. The molecule has 1 unspecified atom stereocenters. The lowest BCUT2D eigenvalue weighted by atomic mass is 9.87. The summed E-state index contributed by atoms with van der Waals surface area (Å²) in [6.45, 7) is 10.5. The summed E-state index contributed by atoms with van der Waals surface area (Å²) in [5.41, 5.74) is 9.64. The summed E-state index contributed by atoms with van der Waals surface area (Å²) in [6.07, 6.45) is 1.69. The van der Waals surface area contributed by atoms with Gasteiger partial charge in [-0.25, -0.2) is 4.98 Å². The summed E-state index contributed by atoms with van der Waals surface area (Å²) in [7, 11) is 0. The summed E-state index contributed by atoms with van der Waals surface area (Å²) >= 11 is 0. The second-order valence-corrected chi connectivity index (χ2v) is 4.90. The molecule has 1 heterocycles. The normalized spacial score (nSPS) is 13.9. The molecular formula is C13H25N5. The lowest BCUT2D eigenvalue weighted by molar-refractivity contribution is 0.0914. The van der Waals surface area contributed by atoms with Crippen LogP contribution in [-0.2, 0) is 0 Å². The highest BCUT2D eigenvalue weighted by Gasteiger charge is 2.35. The van der Waals surface area contributed by atoms with Crippen molar-refractivity contribution >= 4 is 5.82 Å². The van der Waals surface area contributed by atoms with Gasteiger partial charge in [-0.3, -0.25) is 16.2 Å². The predicted octanol–water partition coefficient (Wildman–Crippen LogP) is 1.29. The Morgan fingerprint density at radius 2 is 2.00 bits per heavy atom. The molecule has 0 bridgehead atoms. The first-order chi connectivity index (χ1) is 8.48. The molecule has 1 atom stereocenters. The maximum Gasteiger partial charge on any atom is 0.128 e. The minimum atomic E-state index is -0.143. The van der Waals surface area contributed by atoms with Gasteiger partial charge < -0.3 is 5.73 Å². The van der Waals surface area contributed by atoms with E-state index in [0.717, 1.165) is 18.7 Å². The van der Waals surface area contributed by atoms with Crippen molar-refractivity contribution in [3.8, 4) is 0 Å². The highest BCUT2D eigenvalue weighted by Crippen LogP contribution is 2.32. The van der Waals surface area contributed by atoms with Gasteiger partial charge in [0.2, 0.25) is 0 Å². The maximum atomic E-state index is 5.95. The van der Waals surface area contributed by atoms with E-state index in [-0.39, 0.29) is 11.6 Å². The van der Waals surface area contributed by atoms with Gasteiger partial charge in [0.25, 0.3) is 0 Å². The van der Waals surface area contributed by atoms with E-state index in [1.807, 2.05) is 12.1 Å². The molecular weight excluding hydrogens is 226 g/mol. The van der Waals surface area contributed by atoms with Gasteiger partial charge >= 0.3 is 0 Å². The number of pyridine rings is 1. The first-order valence-electron chi connectivity index (χ1n) is 6.40. The van der Waals surface area contributed by atoms with Gasteiger partial charge in [0.05, 0.1) is 6.04 Å². The molecule has 0 spiro atoms. The van der Waals surface area contributed by atoms with Crippen molar-refractivity contribution in [1.29, 1.82) is 0 Å². The molecule has 102 valence electrons. The molecule has 0 saturated carbocycles. The molecule has 0 aromatic carbocycles. The number of nitrogens with two attached hydrogens (primary N) is 2. The smallest absolute Gasteiger partial charge is 0.128 e. The lowest BCUT2D eigenvalue weighted by Crippen LogP contribution is -2.54. The van der Waals surface area contributed by atoms with E-state index >= 15 is 0 Å². The highest BCUT2D eigenvalue weighted by atomic mass is 15.3. The molecule has 5 N–H and O–H groups in total. The van der Waals surface area contributed by atoms with E-state index in [2.05, 4.69) is 43.0 Å². The maximum absolute atomic E-state index is 5.95. The average Bonchev–Trinajstić information content (AvgIpc) is 2.33. The summed E-state index contributed by atoms with van der Waals surface area (Å²) in [4.78, 5) is 6.49. The molecule has 18 heavy (non-hydrogen) atoms. The fourth-order valence-corrected chi connectivity index (χ4v) is 2.57. The van der Waals surface area contributed by atoms with Crippen molar-refractivity contribution in [2.24, 2.45) is 5.84 Å². The highest BCUT2D eigenvalue weighted by molar-refractivity contribution is 5.42. The van der Waals surface area contributed by atoms with Crippen LogP contribution in [0.5, 0.6) is 0 Å². The summed E-state index contributed by atoms with van der Waals surface area (Å²) in [5, 5.41) is 0. The van der Waals surface area contributed by atoms with Crippen LogP contribution in [0.2, 0.25) is 0 Å². The Morgan fingerprint density at radius 1 is 1.39 bits per heavy atom. The zero-order valence-corrected chi connectivity index (χ0v) is 11.8. The number of nitrogens with zero attached hydrogens (tertiary/aromatic N) is 2. The second kappa shape index (κ2) is 6.13. The van der Waals surface area contributed by atoms with Crippen LogP contribution in [0, 0.1) is 0 Å². The molecule has 0 aliphatic rings. The van der Waals surface area contributed by atoms with Crippen LogP contribution >= 0.6 is 0 Å². The Bertz CT molecular complexity index is 373. The molecule has 1 rings (SSSR count). The number of hydrogen-bond donors (Lipinski definition) is 3. The Labute approximate surface area is 110 Å². The SMILES string of the molecule is CCN(CC)C(C)(C)C(NN)c1cccnc1N. The van der Waals surface area contributed by atoms with Crippen LogP contribution in [0.1, 0.15) is 39.3 Å². The van der Waals surface area contributed by atoms with Gasteiger partial charge in [-0.05, 0) is 33.0 Å². The number of hydrazine groups is 1. The van der Waals surface area contributed by atoms with Crippen LogP contribution in [0.15, 0.2) is 18.3 Å². The van der Waals surface area contributed by atoms with Crippen molar-refractivity contribution in [3.05, 3.63) is 23.9 Å². The quantitative estimate of drug-likeness (QED) is 0.524. The minimum Gasteiger partial charge on any atom is -0.383 e. The number of likely N-dealkylation sites (N-methyl/N-ethyl adjacent to an activating group) is 1.